The molecule has 0 aromatic heterocycles. The second-order valence-corrected chi connectivity index (χ2v) is 5.58. The molecular formula is C19H20O6. The standard InChI is InChI=1S/C19H20O6/c20-12-11-19(23,13-24-17(21)15-7-3-1-4-8-15)14-25-18(22)16-9-5-2-6-10-16/h1-10,20,23H,11-14H2. The van der Waals surface area contributed by atoms with E-state index in [1.54, 1.807) is 60.7 Å². The summed E-state index contributed by atoms with van der Waals surface area (Å²) in [6.07, 6.45) is -0.100. The third kappa shape index (κ3) is 5.70. The summed E-state index contributed by atoms with van der Waals surface area (Å²) in [5.74, 6) is -1.21. The van der Waals surface area contributed by atoms with Crippen LogP contribution in [0.15, 0.2) is 60.7 Å². The highest BCUT2D eigenvalue weighted by atomic mass is 16.6. The minimum Gasteiger partial charge on any atom is -0.459 e. The Morgan fingerprint density at radius 1 is 0.800 bits per heavy atom. The minimum absolute atomic E-state index is 0.100. The van der Waals surface area contributed by atoms with E-state index in [0.29, 0.717) is 11.1 Å². The maximum absolute atomic E-state index is 12.0. The van der Waals surface area contributed by atoms with Gasteiger partial charge in [0.25, 0.3) is 0 Å². The summed E-state index contributed by atoms with van der Waals surface area (Å²) >= 11 is 0. The van der Waals surface area contributed by atoms with Gasteiger partial charge in [-0.1, -0.05) is 36.4 Å². The Labute approximate surface area is 145 Å². The Morgan fingerprint density at radius 2 is 1.20 bits per heavy atom. The molecule has 132 valence electrons. The topological polar surface area (TPSA) is 93.1 Å². The van der Waals surface area contributed by atoms with Crippen molar-refractivity contribution in [3.63, 3.8) is 0 Å². The molecule has 2 N–H and O–H groups in total. The molecule has 6 nitrogen and oxygen atoms in total. The smallest absolute Gasteiger partial charge is 0.338 e. The van der Waals surface area contributed by atoms with Crippen molar-refractivity contribution < 1.29 is 29.3 Å². The number of carbonyl (C=O) groups excluding carboxylic acids is 2. The van der Waals surface area contributed by atoms with Crippen LogP contribution in [0.25, 0.3) is 0 Å². The van der Waals surface area contributed by atoms with E-state index in [1.165, 1.54) is 0 Å². The SMILES string of the molecule is O=C(OCC(O)(CCO)COC(=O)c1ccccc1)c1ccccc1. The van der Waals surface area contributed by atoms with Gasteiger partial charge in [-0.2, -0.15) is 0 Å². The van der Waals surface area contributed by atoms with Crippen LogP contribution in [-0.4, -0.2) is 47.6 Å². The first-order valence-electron chi connectivity index (χ1n) is 7.82. The Morgan fingerprint density at radius 3 is 1.56 bits per heavy atom. The molecule has 0 unspecified atom stereocenters. The van der Waals surface area contributed by atoms with Gasteiger partial charge >= 0.3 is 11.9 Å². The fourth-order valence-electron chi connectivity index (χ4n) is 2.11. The maximum atomic E-state index is 12.0. The number of hydrogen-bond acceptors (Lipinski definition) is 6. The lowest BCUT2D eigenvalue weighted by atomic mass is 10.0. The highest BCUT2D eigenvalue weighted by Crippen LogP contribution is 2.14. The minimum atomic E-state index is -1.66. The number of hydrogen-bond donors (Lipinski definition) is 2. The molecule has 0 aliphatic carbocycles. The first kappa shape index (κ1) is 18.6. The normalized spacial score (nSPS) is 11.0. The number of benzene rings is 2. The molecule has 0 amide bonds. The largest absolute Gasteiger partial charge is 0.459 e. The van der Waals surface area contributed by atoms with Gasteiger partial charge in [-0.05, 0) is 24.3 Å². The lowest BCUT2D eigenvalue weighted by Crippen LogP contribution is -2.42. The predicted molar refractivity (Wildman–Crippen MR) is 90.1 cm³/mol. The molecule has 0 saturated carbocycles. The van der Waals surface area contributed by atoms with Gasteiger partial charge in [0.15, 0.2) is 0 Å². The van der Waals surface area contributed by atoms with Crippen LogP contribution in [0, 0.1) is 0 Å². The molecule has 2 aromatic rings. The number of esters is 2. The summed E-state index contributed by atoms with van der Waals surface area (Å²) in [4.78, 5) is 23.9. The zero-order valence-electron chi connectivity index (χ0n) is 13.6. The molecule has 0 atom stereocenters. The Kier molecular flexibility index (Phi) is 6.68. The molecule has 0 radical (unpaired) electrons. The highest BCUT2D eigenvalue weighted by Gasteiger charge is 2.31. The molecular weight excluding hydrogens is 324 g/mol. The van der Waals surface area contributed by atoms with Gasteiger partial charge in [-0.3, -0.25) is 0 Å². The molecule has 0 bridgehead atoms. The van der Waals surface area contributed by atoms with Gasteiger partial charge in [0, 0.05) is 13.0 Å². The second kappa shape index (κ2) is 8.96. The highest BCUT2D eigenvalue weighted by molar-refractivity contribution is 5.89. The van der Waals surface area contributed by atoms with Crippen LogP contribution in [-0.2, 0) is 9.47 Å². The lowest BCUT2D eigenvalue weighted by molar-refractivity contribution is -0.0808. The molecule has 0 aliphatic rings. The van der Waals surface area contributed by atoms with Crippen LogP contribution in [0.3, 0.4) is 0 Å². The first-order valence-corrected chi connectivity index (χ1v) is 7.82. The zero-order valence-corrected chi connectivity index (χ0v) is 13.6. The Hall–Kier alpha value is -2.70. The summed E-state index contributed by atoms with van der Waals surface area (Å²) in [6, 6.07) is 16.6. The predicted octanol–water partition coefficient (Wildman–Crippen LogP) is 1.81. The number of ether oxygens (including phenoxy) is 2. The van der Waals surface area contributed by atoms with E-state index >= 15 is 0 Å². The molecule has 0 heterocycles. The number of rotatable bonds is 8. The van der Waals surface area contributed by atoms with Gasteiger partial charge in [0.05, 0.1) is 11.1 Å². The van der Waals surface area contributed by atoms with Crippen LogP contribution in [0.2, 0.25) is 0 Å². The fourth-order valence-corrected chi connectivity index (χ4v) is 2.11. The van der Waals surface area contributed by atoms with Crippen molar-refractivity contribution in [3.8, 4) is 0 Å². The van der Waals surface area contributed by atoms with Crippen molar-refractivity contribution in [2.75, 3.05) is 19.8 Å². The van der Waals surface area contributed by atoms with Crippen LogP contribution in [0.1, 0.15) is 27.1 Å². The zero-order chi connectivity index (χ0) is 18.1. The summed E-state index contributed by atoms with van der Waals surface area (Å²) < 4.78 is 10.2. The van der Waals surface area contributed by atoms with Crippen molar-refractivity contribution in [1.82, 2.24) is 0 Å². The van der Waals surface area contributed by atoms with Crippen molar-refractivity contribution in [2.24, 2.45) is 0 Å². The third-order valence-corrected chi connectivity index (χ3v) is 3.54. The van der Waals surface area contributed by atoms with Gasteiger partial charge < -0.3 is 19.7 Å². The number of carbonyl (C=O) groups is 2. The van der Waals surface area contributed by atoms with Gasteiger partial charge in [-0.25, -0.2) is 9.59 Å². The average Bonchev–Trinajstić information content (AvgIpc) is 2.66. The lowest BCUT2D eigenvalue weighted by Gasteiger charge is -2.26. The average molecular weight is 344 g/mol. The molecule has 2 aromatic carbocycles. The molecule has 0 fully saturated rings. The Balaban J connectivity index is 1.93. The molecule has 0 spiro atoms. The van der Waals surface area contributed by atoms with Crippen LogP contribution < -0.4 is 0 Å². The van der Waals surface area contributed by atoms with E-state index in [0.717, 1.165) is 0 Å². The van der Waals surface area contributed by atoms with Gasteiger partial charge in [0.1, 0.15) is 18.8 Å². The Bertz CT molecular complexity index is 628. The second-order valence-electron chi connectivity index (χ2n) is 5.58. The monoisotopic (exact) mass is 344 g/mol. The fraction of sp³-hybridized carbons (Fsp3) is 0.263. The van der Waals surface area contributed by atoms with Gasteiger partial charge in [0.2, 0.25) is 0 Å². The van der Waals surface area contributed by atoms with Crippen molar-refractivity contribution >= 4 is 11.9 Å². The summed E-state index contributed by atoms with van der Waals surface area (Å²) in [7, 11) is 0. The summed E-state index contributed by atoms with van der Waals surface area (Å²) in [5.41, 5.74) is -0.978. The van der Waals surface area contributed by atoms with E-state index in [1.807, 2.05) is 0 Å². The van der Waals surface area contributed by atoms with Crippen molar-refractivity contribution in [2.45, 2.75) is 12.0 Å². The van der Waals surface area contributed by atoms with Crippen molar-refractivity contribution in [3.05, 3.63) is 71.8 Å². The first-order chi connectivity index (χ1) is 12.0. The van der Waals surface area contributed by atoms with E-state index < -0.39 is 30.8 Å². The van der Waals surface area contributed by atoms with E-state index in [4.69, 9.17) is 14.6 Å². The van der Waals surface area contributed by atoms with E-state index in [2.05, 4.69) is 0 Å². The van der Waals surface area contributed by atoms with Crippen LogP contribution in [0.5, 0.6) is 0 Å². The molecule has 6 heteroatoms. The number of aliphatic hydroxyl groups excluding tert-OH is 1. The summed E-state index contributed by atoms with van der Waals surface area (Å²) in [6.45, 7) is -1.14. The molecule has 0 aliphatic heterocycles. The maximum Gasteiger partial charge on any atom is 0.338 e. The molecule has 0 saturated heterocycles. The quantitative estimate of drug-likeness (QED) is 0.710. The summed E-state index contributed by atoms with van der Waals surface area (Å²) in [5, 5.41) is 19.6. The van der Waals surface area contributed by atoms with E-state index in [9.17, 15) is 14.7 Å². The molecule has 25 heavy (non-hydrogen) atoms. The molecule has 2 rings (SSSR count). The van der Waals surface area contributed by atoms with Crippen LogP contribution in [0.4, 0.5) is 0 Å². The van der Waals surface area contributed by atoms with Crippen molar-refractivity contribution in [1.29, 1.82) is 0 Å². The van der Waals surface area contributed by atoms with Gasteiger partial charge in [-0.15, -0.1) is 0 Å². The number of aliphatic hydroxyl groups is 2. The van der Waals surface area contributed by atoms with Crippen LogP contribution >= 0.6 is 0 Å². The third-order valence-electron chi connectivity index (χ3n) is 3.54. The van der Waals surface area contributed by atoms with E-state index in [-0.39, 0.29) is 13.0 Å².